The number of alkyl carbamates (subject to hydrolysis) is 1. The van der Waals surface area contributed by atoms with Crippen LogP contribution in [0.25, 0.3) is 6.08 Å². The van der Waals surface area contributed by atoms with Crippen LogP contribution in [-0.2, 0) is 28.9 Å². The number of furan rings is 1. The molecule has 8 nitrogen and oxygen atoms in total. The van der Waals surface area contributed by atoms with Gasteiger partial charge >= 0.3 is 6.09 Å². The van der Waals surface area contributed by atoms with Crippen molar-refractivity contribution in [3.63, 3.8) is 0 Å². The number of thiophene rings is 1. The van der Waals surface area contributed by atoms with Gasteiger partial charge in [-0.3, -0.25) is 9.78 Å². The van der Waals surface area contributed by atoms with Gasteiger partial charge in [-0.1, -0.05) is 6.07 Å². The van der Waals surface area contributed by atoms with E-state index in [1.807, 2.05) is 18.2 Å². The molecular formula is C24H22N4O4S. The Labute approximate surface area is 194 Å². The molecule has 1 aliphatic rings. The Morgan fingerprint density at radius 1 is 1.36 bits per heavy atom. The molecule has 0 fully saturated rings. The van der Waals surface area contributed by atoms with Crippen molar-refractivity contribution >= 4 is 34.4 Å². The topological polar surface area (TPSA) is 117 Å². The van der Waals surface area contributed by atoms with Gasteiger partial charge in [0.25, 0.3) is 0 Å². The van der Waals surface area contributed by atoms with E-state index < -0.39 is 6.09 Å². The smallest absolute Gasteiger partial charge is 0.407 e. The number of rotatable bonds is 7. The lowest BCUT2D eigenvalue weighted by Crippen LogP contribution is -2.28. The fourth-order valence-corrected chi connectivity index (χ4v) is 4.92. The normalized spacial score (nSPS) is 14.9. The van der Waals surface area contributed by atoms with E-state index in [9.17, 15) is 14.9 Å². The maximum Gasteiger partial charge on any atom is 0.407 e. The van der Waals surface area contributed by atoms with Crippen molar-refractivity contribution in [3.05, 3.63) is 76.3 Å². The Balaban J connectivity index is 1.31. The van der Waals surface area contributed by atoms with Crippen LogP contribution in [0, 0.1) is 17.2 Å². The van der Waals surface area contributed by atoms with Gasteiger partial charge in [0.1, 0.15) is 11.1 Å². The van der Waals surface area contributed by atoms with Gasteiger partial charge in [-0.25, -0.2) is 4.79 Å². The highest BCUT2D eigenvalue weighted by molar-refractivity contribution is 7.16. The van der Waals surface area contributed by atoms with Crippen LogP contribution in [0.1, 0.15) is 33.7 Å². The number of amides is 2. The van der Waals surface area contributed by atoms with Gasteiger partial charge in [0.15, 0.2) is 0 Å². The van der Waals surface area contributed by atoms with Crippen molar-refractivity contribution in [2.45, 2.75) is 25.8 Å². The second-order valence-corrected chi connectivity index (χ2v) is 8.69. The van der Waals surface area contributed by atoms with Gasteiger partial charge < -0.3 is 19.8 Å². The lowest BCUT2D eigenvalue weighted by molar-refractivity contribution is -0.111. The summed E-state index contributed by atoms with van der Waals surface area (Å²) in [5, 5.41) is 15.7. The van der Waals surface area contributed by atoms with Gasteiger partial charge in [0.2, 0.25) is 5.91 Å². The van der Waals surface area contributed by atoms with Crippen LogP contribution < -0.4 is 10.6 Å². The first-order valence-electron chi connectivity index (χ1n) is 10.5. The maximum atomic E-state index is 12.3. The molecule has 0 aliphatic heterocycles. The molecule has 9 heteroatoms. The summed E-state index contributed by atoms with van der Waals surface area (Å²) in [4.78, 5) is 29.5. The first-order chi connectivity index (χ1) is 16.1. The summed E-state index contributed by atoms with van der Waals surface area (Å²) in [5.41, 5.74) is 3.04. The molecular weight excluding hydrogens is 440 g/mol. The zero-order chi connectivity index (χ0) is 23.0. The van der Waals surface area contributed by atoms with E-state index >= 15 is 0 Å². The number of carbonyl (C=O) groups is 2. The van der Waals surface area contributed by atoms with Crippen LogP contribution in [0.3, 0.4) is 0 Å². The van der Waals surface area contributed by atoms with E-state index in [4.69, 9.17) is 9.15 Å². The average Bonchev–Trinajstić information content (AvgIpc) is 3.47. The van der Waals surface area contributed by atoms with Gasteiger partial charge in [0.05, 0.1) is 36.9 Å². The second kappa shape index (κ2) is 10.6. The van der Waals surface area contributed by atoms with Crippen LogP contribution in [0.15, 0.2) is 53.5 Å². The zero-order valence-corrected chi connectivity index (χ0v) is 18.6. The highest BCUT2D eigenvalue weighted by atomic mass is 32.1. The minimum Gasteiger partial charge on any atom is -0.472 e. The largest absolute Gasteiger partial charge is 0.472 e. The summed E-state index contributed by atoms with van der Waals surface area (Å²) in [7, 11) is 0. The summed E-state index contributed by atoms with van der Waals surface area (Å²) in [6.07, 6.45) is 9.52. The van der Waals surface area contributed by atoms with Crippen LogP contribution in [0.4, 0.5) is 9.80 Å². The third-order valence-corrected chi connectivity index (χ3v) is 6.45. The Hall–Kier alpha value is -3.90. The van der Waals surface area contributed by atoms with Crippen molar-refractivity contribution in [2.75, 3.05) is 11.9 Å². The summed E-state index contributed by atoms with van der Waals surface area (Å²) in [6, 6.07) is 9.48. The fourth-order valence-electron chi connectivity index (χ4n) is 3.61. The van der Waals surface area contributed by atoms with Crippen molar-refractivity contribution in [1.29, 1.82) is 5.26 Å². The molecule has 1 atom stereocenters. The molecule has 0 aromatic carbocycles. The molecule has 3 aromatic heterocycles. The molecule has 4 rings (SSSR count). The molecule has 2 amide bonds. The lowest BCUT2D eigenvalue weighted by Gasteiger charge is -2.21. The molecule has 3 aromatic rings. The van der Waals surface area contributed by atoms with Crippen LogP contribution in [0.5, 0.6) is 0 Å². The molecule has 0 spiro atoms. The number of carbonyl (C=O) groups excluding carboxylic acids is 2. The third-order valence-electron chi connectivity index (χ3n) is 5.28. The van der Waals surface area contributed by atoms with Gasteiger partial charge in [-0.15, -0.1) is 11.3 Å². The molecule has 0 bridgehead atoms. The van der Waals surface area contributed by atoms with Gasteiger partial charge in [-0.2, -0.15) is 5.26 Å². The molecule has 2 N–H and O–H groups in total. The summed E-state index contributed by atoms with van der Waals surface area (Å²) in [6.45, 7) is 0.603. The molecule has 168 valence electrons. The number of hydrogen-bond donors (Lipinski definition) is 2. The van der Waals surface area contributed by atoms with Crippen molar-refractivity contribution in [3.8, 4) is 6.07 Å². The summed E-state index contributed by atoms with van der Waals surface area (Å²) < 4.78 is 10.4. The minimum atomic E-state index is -0.479. The first kappa shape index (κ1) is 22.3. The molecule has 3 heterocycles. The van der Waals surface area contributed by atoms with Gasteiger partial charge in [-0.05, 0) is 55.0 Å². The standard InChI is InChI=1S/C24H22N4O4S/c25-12-20-19-6-4-17(15-32-24(30)27-13-18-3-1-2-9-26-18)11-21(19)33-23(20)28-22(29)7-5-16-8-10-31-14-16/h1-3,5,7-10,14,17H,4,6,11,13,15H2,(H,27,30)(H,28,29). The monoisotopic (exact) mass is 462 g/mol. The number of pyridine rings is 1. The first-order valence-corrected chi connectivity index (χ1v) is 11.3. The van der Waals surface area contributed by atoms with E-state index in [1.54, 1.807) is 18.3 Å². The van der Waals surface area contributed by atoms with Crippen LogP contribution >= 0.6 is 11.3 Å². The SMILES string of the molecule is N#Cc1c(NC(=O)C=Cc2ccoc2)sc2c1CCC(COC(=O)NCc1ccccn1)C2. The molecule has 0 saturated heterocycles. The number of nitrogens with one attached hydrogen (secondary N) is 2. The van der Waals surface area contributed by atoms with Crippen molar-refractivity contribution in [2.24, 2.45) is 5.92 Å². The predicted octanol–water partition coefficient (Wildman–Crippen LogP) is 4.29. The third kappa shape index (κ3) is 5.87. The maximum absolute atomic E-state index is 12.3. The molecule has 0 saturated carbocycles. The summed E-state index contributed by atoms with van der Waals surface area (Å²) >= 11 is 1.41. The lowest BCUT2D eigenvalue weighted by atomic mass is 9.88. The fraction of sp³-hybridized carbons (Fsp3) is 0.250. The van der Waals surface area contributed by atoms with Crippen molar-refractivity contribution in [1.82, 2.24) is 10.3 Å². The number of ether oxygens (including phenoxy) is 1. The molecule has 1 aliphatic carbocycles. The van der Waals surface area contributed by atoms with Crippen LogP contribution in [0.2, 0.25) is 0 Å². The van der Waals surface area contributed by atoms with Gasteiger partial charge in [0, 0.05) is 22.7 Å². The number of aromatic nitrogens is 1. The van der Waals surface area contributed by atoms with E-state index in [1.165, 1.54) is 29.9 Å². The highest BCUT2D eigenvalue weighted by Crippen LogP contribution is 2.39. The average molecular weight is 463 g/mol. The Kier molecular flexibility index (Phi) is 7.17. The predicted molar refractivity (Wildman–Crippen MR) is 123 cm³/mol. The van der Waals surface area contributed by atoms with Crippen LogP contribution in [-0.4, -0.2) is 23.6 Å². The van der Waals surface area contributed by atoms with E-state index in [0.717, 1.165) is 28.1 Å². The molecule has 0 radical (unpaired) electrons. The number of nitrogens with zero attached hydrogens (tertiary/aromatic N) is 2. The Morgan fingerprint density at radius 3 is 3.03 bits per heavy atom. The second-order valence-electron chi connectivity index (χ2n) is 7.58. The molecule has 33 heavy (non-hydrogen) atoms. The Bertz CT molecular complexity index is 1180. The quantitative estimate of drug-likeness (QED) is 0.506. The number of anilines is 1. The van der Waals surface area contributed by atoms with E-state index in [2.05, 4.69) is 21.7 Å². The Morgan fingerprint density at radius 2 is 2.27 bits per heavy atom. The number of hydrogen-bond acceptors (Lipinski definition) is 7. The highest BCUT2D eigenvalue weighted by Gasteiger charge is 2.27. The number of nitriles is 1. The molecule has 1 unspecified atom stereocenters. The van der Waals surface area contributed by atoms with Crippen molar-refractivity contribution < 1.29 is 18.7 Å². The summed E-state index contributed by atoms with van der Waals surface area (Å²) in [5.74, 6) is -0.149. The zero-order valence-electron chi connectivity index (χ0n) is 17.7. The van der Waals surface area contributed by atoms with E-state index in [0.29, 0.717) is 36.6 Å². The minimum absolute atomic E-state index is 0.160. The van der Waals surface area contributed by atoms with E-state index in [-0.39, 0.29) is 11.8 Å². The number of fused-ring (bicyclic) bond motifs is 1.